The number of hydrogen-bond acceptors (Lipinski definition) is 3. The molecule has 0 radical (unpaired) electrons. The summed E-state index contributed by atoms with van der Waals surface area (Å²) >= 11 is 0. The third kappa shape index (κ3) is 3.03. The van der Waals surface area contributed by atoms with Crippen molar-refractivity contribution in [2.75, 3.05) is 0 Å². The normalized spacial score (nSPS) is 10.1. The minimum absolute atomic E-state index is 0.200. The van der Waals surface area contributed by atoms with E-state index >= 15 is 0 Å². The molecule has 0 aromatic heterocycles. The lowest BCUT2D eigenvalue weighted by Gasteiger charge is -2.12. The second-order valence-corrected chi connectivity index (χ2v) is 4.45. The maximum atomic E-state index is 11.1. The highest BCUT2D eigenvalue weighted by Crippen LogP contribution is 2.19. The molecule has 2 rings (SSSR count). The minimum Gasteiger partial charge on any atom is -0.489 e. The molecule has 0 aliphatic carbocycles. The van der Waals surface area contributed by atoms with Gasteiger partial charge in [0.2, 0.25) is 0 Å². The number of nitrogens with one attached hydrogen (secondary N) is 1. The highest BCUT2D eigenvalue weighted by Gasteiger charge is 2.12. The summed E-state index contributed by atoms with van der Waals surface area (Å²) in [5.41, 5.74) is 7.27. The first-order valence-electron chi connectivity index (χ1n) is 6.24. The zero-order valence-electron chi connectivity index (χ0n) is 11.2. The van der Waals surface area contributed by atoms with Gasteiger partial charge in [-0.15, -0.1) is 0 Å². The van der Waals surface area contributed by atoms with Crippen LogP contribution in [0.5, 0.6) is 5.75 Å². The van der Waals surface area contributed by atoms with E-state index in [2.05, 4.69) is 0 Å². The van der Waals surface area contributed by atoms with Gasteiger partial charge in [-0.25, -0.2) is 0 Å². The van der Waals surface area contributed by atoms with Crippen molar-refractivity contribution in [3.8, 4) is 5.75 Å². The maximum Gasteiger partial charge on any atom is 0.267 e. The Kier molecular flexibility index (Phi) is 4.15. The van der Waals surface area contributed by atoms with Gasteiger partial charge in [-0.3, -0.25) is 10.2 Å². The molecule has 0 heterocycles. The number of amides is 1. The van der Waals surface area contributed by atoms with Gasteiger partial charge in [0.05, 0.1) is 0 Å². The Labute approximate surface area is 117 Å². The van der Waals surface area contributed by atoms with Gasteiger partial charge in [-0.1, -0.05) is 42.5 Å². The third-order valence-corrected chi connectivity index (χ3v) is 3.01. The van der Waals surface area contributed by atoms with Crippen molar-refractivity contribution in [3.63, 3.8) is 0 Å². The number of carbonyl (C=O) groups excluding carboxylic acids is 1. The van der Waals surface area contributed by atoms with E-state index in [1.807, 2.05) is 43.3 Å². The summed E-state index contributed by atoms with van der Waals surface area (Å²) in [5, 5.41) is 7.72. The zero-order chi connectivity index (χ0) is 14.5. The summed E-state index contributed by atoms with van der Waals surface area (Å²) in [5.74, 6) is 0.0428. The molecule has 0 saturated carbocycles. The molecule has 3 N–H and O–H groups in total. The second-order valence-electron chi connectivity index (χ2n) is 4.45. The van der Waals surface area contributed by atoms with Gasteiger partial charge < -0.3 is 10.5 Å². The van der Waals surface area contributed by atoms with Gasteiger partial charge in [-0.2, -0.15) is 0 Å². The average Bonchev–Trinajstić information content (AvgIpc) is 2.46. The zero-order valence-corrected chi connectivity index (χ0v) is 11.2. The number of hydrogen-bond donors (Lipinski definition) is 2. The Morgan fingerprint density at radius 3 is 2.50 bits per heavy atom. The summed E-state index contributed by atoms with van der Waals surface area (Å²) in [7, 11) is 0. The molecule has 102 valence electrons. The fourth-order valence-electron chi connectivity index (χ4n) is 1.90. The Hall–Kier alpha value is -2.62. The molecule has 0 unspecified atom stereocenters. The molecule has 4 heteroatoms. The van der Waals surface area contributed by atoms with Crippen LogP contribution in [0.1, 0.15) is 16.7 Å². The van der Waals surface area contributed by atoms with E-state index in [0.717, 1.165) is 16.9 Å². The molecule has 0 aliphatic rings. The van der Waals surface area contributed by atoms with E-state index in [-0.39, 0.29) is 12.3 Å². The van der Waals surface area contributed by atoms with Gasteiger partial charge in [0.15, 0.2) is 0 Å². The molecule has 1 amide bonds. The Morgan fingerprint density at radius 1 is 1.15 bits per heavy atom. The molecule has 0 saturated heterocycles. The summed E-state index contributed by atoms with van der Waals surface area (Å²) in [4.78, 5) is 11.1. The van der Waals surface area contributed by atoms with E-state index in [0.29, 0.717) is 5.56 Å². The monoisotopic (exact) mass is 268 g/mol. The number of rotatable bonds is 5. The van der Waals surface area contributed by atoms with Crippen LogP contribution in [0.25, 0.3) is 0 Å². The molecule has 0 atom stereocenters. The van der Waals surface area contributed by atoms with Crippen LogP contribution >= 0.6 is 0 Å². The fraction of sp³-hybridized carbons (Fsp3) is 0.125. The van der Waals surface area contributed by atoms with Crippen LogP contribution in [-0.2, 0) is 11.4 Å². The van der Waals surface area contributed by atoms with Crippen LogP contribution in [0, 0.1) is 12.3 Å². The number of para-hydroxylation sites is 1. The number of carbonyl (C=O) groups is 1. The molecule has 0 fully saturated rings. The number of benzene rings is 2. The number of nitrogens with two attached hydrogens (primary N) is 1. The van der Waals surface area contributed by atoms with Gasteiger partial charge in [0, 0.05) is 5.56 Å². The summed E-state index contributed by atoms with van der Waals surface area (Å²) in [6.45, 7) is 2.25. The van der Waals surface area contributed by atoms with Gasteiger partial charge in [0.1, 0.15) is 18.1 Å². The van der Waals surface area contributed by atoms with Crippen LogP contribution in [0.2, 0.25) is 0 Å². The summed E-state index contributed by atoms with van der Waals surface area (Å²) in [6.07, 6.45) is 0. The van der Waals surface area contributed by atoms with E-state index < -0.39 is 5.91 Å². The average molecular weight is 268 g/mol. The van der Waals surface area contributed by atoms with Gasteiger partial charge >= 0.3 is 0 Å². The molecular weight excluding hydrogens is 252 g/mol. The maximum absolute atomic E-state index is 11.1. The number of primary amides is 1. The van der Waals surface area contributed by atoms with Crippen LogP contribution < -0.4 is 10.5 Å². The first-order valence-corrected chi connectivity index (χ1v) is 6.24. The first kappa shape index (κ1) is 13.8. The van der Waals surface area contributed by atoms with Crippen LogP contribution in [0.15, 0.2) is 48.5 Å². The number of aryl methyl sites for hydroxylation is 1. The third-order valence-electron chi connectivity index (χ3n) is 3.01. The van der Waals surface area contributed by atoms with Crippen molar-refractivity contribution in [2.45, 2.75) is 13.5 Å². The highest BCUT2D eigenvalue weighted by atomic mass is 16.5. The molecule has 20 heavy (non-hydrogen) atoms. The van der Waals surface area contributed by atoms with Crippen molar-refractivity contribution < 1.29 is 9.53 Å². The predicted molar refractivity (Wildman–Crippen MR) is 78.0 cm³/mol. The molecule has 2 aromatic rings. The highest BCUT2D eigenvalue weighted by molar-refractivity contribution is 6.43. The molecule has 0 spiro atoms. The topological polar surface area (TPSA) is 76.2 Å². The van der Waals surface area contributed by atoms with Crippen molar-refractivity contribution in [2.24, 2.45) is 5.73 Å². The quantitative estimate of drug-likeness (QED) is 0.817. The Morgan fingerprint density at radius 2 is 1.80 bits per heavy atom. The van der Waals surface area contributed by atoms with Crippen LogP contribution in [0.3, 0.4) is 0 Å². The molecule has 4 nitrogen and oxygen atoms in total. The second kappa shape index (κ2) is 6.02. The lowest BCUT2D eigenvalue weighted by molar-refractivity contribution is -0.112. The minimum atomic E-state index is -0.742. The SMILES string of the molecule is Cc1ccccc1OCc1ccccc1C(=N)C(N)=O. The fourth-order valence-corrected chi connectivity index (χ4v) is 1.90. The largest absolute Gasteiger partial charge is 0.489 e. The van der Waals surface area contributed by atoms with Crippen molar-refractivity contribution in [3.05, 3.63) is 65.2 Å². The van der Waals surface area contributed by atoms with E-state index in [4.69, 9.17) is 15.9 Å². The van der Waals surface area contributed by atoms with Crippen molar-refractivity contribution >= 4 is 11.6 Å². The first-order chi connectivity index (χ1) is 9.59. The molecular formula is C16H16N2O2. The van der Waals surface area contributed by atoms with E-state index in [1.54, 1.807) is 12.1 Å². The van der Waals surface area contributed by atoms with Gasteiger partial charge in [-0.05, 0) is 24.1 Å². The smallest absolute Gasteiger partial charge is 0.267 e. The Bertz CT molecular complexity index is 650. The molecule has 0 aliphatic heterocycles. The standard InChI is InChI=1S/C16H16N2O2/c1-11-6-2-5-9-14(11)20-10-12-7-3-4-8-13(12)15(17)16(18)19/h2-9,17H,10H2,1H3,(H2,18,19). The van der Waals surface area contributed by atoms with Crippen LogP contribution in [-0.4, -0.2) is 11.6 Å². The summed E-state index contributed by atoms with van der Waals surface area (Å²) < 4.78 is 5.74. The van der Waals surface area contributed by atoms with E-state index in [1.165, 1.54) is 0 Å². The predicted octanol–water partition coefficient (Wildman–Crippen LogP) is 2.43. The molecule has 0 bridgehead atoms. The summed E-state index contributed by atoms with van der Waals surface area (Å²) in [6, 6.07) is 14.8. The Balaban J connectivity index is 2.20. The molecule has 2 aromatic carbocycles. The van der Waals surface area contributed by atoms with Crippen LogP contribution in [0.4, 0.5) is 0 Å². The lowest BCUT2D eigenvalue weighted by Crippen LogP contribution is -2.24. The van der Waals surface area contributed by atoms with Crippen molar-refractivity contribution in [1.29, 1.82) is 5.41 Å². The lowest BCUT2D eigenvalue weighted by atomic mass is 10.0. The van der Waals surface area contributed by atoms with Gasteiger partial charge in [0.25, 0.3) is 5.91 Å². The van der Waals surface area contributed by atoms with E-state index in [9.17, 15) is 4.79 Å². The van der Waals surface area contributed by atoms with Crippen molar-refractivity contribution in [1.82, 2.24) is 0 Å². The number of ether oxygens (including phenoxy) is 1.